The average molecular weight is 291 g/mol. The van der Waals surface area contributed by atoms with Gasteiger partial charge in [0.1, 0.15) is 10.8 Å². The van der Waals surface area contributed by atoms with E-state index in [2.05, 4.69) is 14.7 Å². The van der Waals surface area contributed by atoms with Crippen LogP contribution in [0.25, 0.3) is 11.1 Å². The molecule has 0 radical (unpaired) electrons. The summed E-state index contributed by atoms with van der Waals surface area (Å²) in [6.07, 6.45) is 3.86. The first kappa shape index (κ1) is 14.3. The second kappa shape index (κ2) is 6.33. The molecular formula is C13H17N5OS. The highest BCUT2D eigenvalue weighted by atomic mass is 32.1. The third-order valence-corrected chi connectivity index (χ3v) is 3.63. The molecular weight excluding hydrogens is 274 g/mol. The van der Waals surface area contributed by atoms with Gasteiger partial charge in [0, 0.05) is 39.5 Å². The Morgan fingerprint density at radius 2 is 2.10 bits per heavy atom. The van der Waals surface area contributed by atoms with Gasteiger partial charge in [0.05, 0.1) is 5.56 Å². The minimum Gasteiger partial charge on any atom is -0.382 e. The molecule has 2 rings (SSSR count). The van der Waals surface area contributed by atoms with E-state index in [1.807, 2.05) is 12.1 Å². The molecule has 0 aromatic carbocycles. The number of hydrogen-bond acceptors (Lipinski definition) is 6. The Morgan fingerprint density at radius 3 is 2.75 bits per heavy atom. The zero-order chi connectivity index (χ0) is 14.5. The van der Waals surface area contributed by atoms with E-state index in [1.54, 1.807) is 31.4 Å². The number of nitrogen functional groups attached to an aromatic ring is 1. The summed E-state index contributed by atoms with van der Waals surface area (Å²) in [5.74, 6) is 0.572. The average Bonchev–Trinajstić information content (AvgIpc) is 2.80. The van der Waals surface area contributed by atoms with Crippen LogP contribution in [-0.4, -0.2) is 40.8 Å². The minimum atomic E-state index is 0.0837. The van der Waals surface area contributed by atoms with Crippen LogP contribution in [0.1, 0.15) is 6.42 Å². The highest BCUT2D eigenvalue weighted by Crippen LogP contribution is 2.36. The molecule has 0 unspecified atom stereocenters. The van der Waals surface area contributed by atoms with Crippen LogP contribution in [0.3, 0.4) is 0 Å². The summed E-state index contributed by atoms with van der Waals surface area (Å²) in [7, 11) is 3.49. The molecule has 0 aliphatic rings. The van der Waals surface area contributed by atoms with E-state index < -0.39 is 0 Å². The Kier molecular flexibility index (Phi) is 4.52. The van der Waals surface area contributed by atoms with Crippen molar-refractivity contribution in [2.75, 3.05) is 31.7 Å². The number of carbonyl (C=O) groups excluding carboxylic acids is 1. The predicted molar refractivity (Wildman–Crippen MR) is 81.6 cm³/mol. The van der Waals surface area contributed by atoms with Crippen molar-refractivity contribution in [3.05, 3.63) is 24.5 Å². The van der Waals surface area contributed by atoms with Crippen LogP contribution in [-0.2, 0) is 4.79 Å². The summed E-state index contributed by atoms with van der Waals surface area (Å²) in [5.41, 5.74) is 7.75. The van der Waals surface area contributed by atoms with Crippen molar-refractivity contribution in [1.82, 2.24) is 14.3 Å². The SMILES string of the molecule is CN(C)C(=O)CCNc1snc(N)c1-c1ccncc1. The summed E-state index contributed by atoms with van der Waals surface area (Å²) >= 11 is 1.30. The van der Waals surface area contributed by atoms with Crippen molar-refractivity contribution < 1.29 is 4.79 Å². The lowest BCUT2D eigenvalue weighted by molar-refractivity contribution is -0.128. The first-order valence-corrected chi connectivity index (χ1v) is 6.96. The zero-order valence-corrected chi connectivity index (χ0v) is 12.3. The van der Waals surface area contributed by atoms with E-state index in [0.717, 1.165) is 16.1 Å². The van der Waals surface area contributed by atoms with Crippen molar-refractivity contribution >= 4 is 28.3 Å². The van der Waals surface area contributed by atoms with Gasteiger partial charge in [-0.25, -0.2) is 0 Å². The first-order valence-electron chi connectivity index (χ1n) is 6.19. The van der Waals surface area contributed by atoms with Crippen molar-refractivity contribution in [3.8, 4) is 11.1 Å². The Balaban J connectivity index is 2.09. The fourth-order valence-electron chi connectivity index (χ4n) is 1.73. The van der Waals surface area contributed by atoms with E-state index in [9.17, 15) is 4.79 Å². The van der Waals surface area contributed by atoms with Gasteiger partial charge in [-0.15, -0.1) is 0 Å². The third-order valence-electron chi connectivity index (χ3n) is 2.81. The molecule has 0 saturated carbocycles. The molecule has 0 spiro atoms. The standard InChI is InChI=1S/C13H17N5OS/c1-18(2)10(19)5-8-16-13-11(12(14)17-20-13)9-3-6-15-7-4-9/h3-4,6-7,16H,5,8H2,1-2H3,(H2,14,17). The molecule has 106 valence electrons. The maximum Gasteiger partial charge on any atom is 0.223 e. The maximum absolute atomic E-state index is 11.5. The van der Waals surface area contributed by atoms with Crippen LogP contribution in [0, 0.1) is 0 Å². The molecule has 0 aliphatic heterocycles. The van der Waals surface area contributed by atoms with Crippen LogP contribution < -0.4 is 11.1 Å². The number of nitrogens with two attached hydrogens (primary N) is 1. The number of aromatic nitrogens is 2. The van der Waals surface area contributed by atoms with Gasteiger partial charge in [0.25, 0.3) is 0 Å². The lowest BCUT2D eigenvalue weighted by Crippen LogP contribution is -2.23. The van der Waals surface area contributed by atoms with Crippen molar-refractivity contribution in [2.24, 2.45) is 0 Å². The molecule has 0 saturated heterocycles. The Labute approximate surface area is 121 Å². The molecule has 3 N–H and O–H groups in total. The largest absolute Gasteiger partial charge is 0.382 e. The number of pyridine rings is 1. The van der Waals surface area contributed by atoms with Gasteiger partial charge in [-0.3, -0.25) is 9.78 Å². The van der Waals surface area contributed by atoms with Crippen molar-refractivity contribution in [3.63, 3.8) is 0 Å². The molecule has 2 aromatic heterocycles. The van der Waals surface area contributed by atoms with Crippen LogP contribution >= 0.6 is 11.5 Å². The topological polar surface area (TPSA) is 84.1 Å². The molecule has 20 heavy (non-hydrogen) atoms. The number of amides is 1. The lowest BCUT2D eigenvalue weighted by atomic mass is 10.1. The van der Waals surface area contributed by atoms with Gasteiger partial charge in [-0.2, -0.15) is 4.37 Å². The zero-order valence-electron chi connectivity index (χ0n) is 11.5. The highest BCUT2D eigenvalue weighted by Gasteiger charge is 2.13. The monoisotopic (exact) mass is 291 g/mol. The smallest absolute Gasteiger partial charge is 0.223 e. The highest BCUT2D eigenvalue weighted by molar-refractivity contribution is 7.11. The molecule has 1 amide bonds. The number of nitrogens with one attached hydrogen (secondary N) is 1. The summed E-state index contributed by atoms with van der Waals surface area (Å²) in [6.45, 7) is 0.552. The number of anilines is 2. The van der Waals surface area contributed by atoms with E-state index in [-0.39, 0.29) is 5.91 Å². The fraction of sp³-hybridized carbons (Fsp3) is 0.308. The van der Waals surface area contributed by atoms with Gasteiger partial charge in [0.2, 0.25) is 5.91 Å². The molecule has 0 bridgehead atoms. The predicted octanol–water partition coefficient (Wildman–Crippen LogP) is 1.68. The number of nitrogens with zero attached hydrogens (tertiary/aromatic N) is 3. The Morgan fingerprint density at radius 1 is 1.40 bits per heavy atom. The molecule has 2 aromatic rings. The summed E-state index contributed by atoms with van der Waals surface area (Å²) in [6, 6.07) is 3.77. The van der Waals surface area contributed by atoms with E-state index >= 15 is 0 Å². The molecule has 0 fully saturated rings. The second-order valence-corrected chi connectivity index (χ2v) is 5.25. The molecule has 7 heteroatoms. The summed E-state index contributed by atoms with van der Waals surface area (Å²) < 4.78 is 4.17. The van der Waals surface area contributed by atoms with Gasteiger partial charge in [-0.05, 0) is 29.2 Å². The minimum absolute atomic E-state index is 0.0837. The molecule has 2 heterocycles. The summed E-state index contributed by atoms with van der Waals surface area (Å²) in [4.78, 5) is 17.1. The van der Waals surface area contributed by atoms with Gasteiger partial charge >= 0.3 is 0 Å². The number of carbonyl (C=O) groups is 1. The van der Waals surface area contributed by atoms with E-state index in [0.29, 0.717) is 18.8 Å². The Hall–Kier alpha value is -2.15. The molecule has 0 aliphatic carbocycles. The van der Waals surface area contributed by atoms with Crippen molar-refractivity contribution in [1.29, 1.82) is 0 Å². The summed E-state index contributed by atoms with van der Waals surface area (Å²) in [5, 5.41) is 4.10. The van der Waals surface area contributed by atoms with Gasteiger partial charge in [0.15, 0.2) is 0 Å². The molecule has 0 atom stereocenters. The van der Waals surface area contributed by atoms with Crippen LogP contribution in [0.15, 0.2) is 24.5 Å². The van der Waals surface area contributed by atoms with Crippen LogP contribution in [0.2, 0.25) is 0 Å². The van der Waals surface area contributed by atoms with Gasteiger partial charge in [-0.1, -0.05) is 0 Å². The number of rotatable bonds is 5. The Bertz CT molecular complexity index is 582. The van der Waals surface area contributed by atoms with Crippen LogP contribution in [0.4, 0.5) is 10.8 Å². The van der Waals surface area contributed by atoms with E-state index in [4.69, 9.17) is 5.73 Å². The van der Waals surface area contributed by atoms with Gasteiger partial charge < -0.3 is 16.0 Å². The number of hydrogen-bond donors (Lipinski definition) is 2. The lowest BCUT2D eigenvalue weighted by Gasteiger charge is -2.11. The first-order chi connectivity index (χ1) is 9.59. The normalized spacial score (nSPS) is 10.3. The second-order valence-electron chi connectivity index (χ2n) is 4.47. The molecule has 6 nitrogen and oxygen atoms in total. The third kappa shape index (κ3) is 3.24. The van der Waals surface area contributed by atoms with E-state index in [1.165, 1.54) is 11.5 Å². The maximum atomic E-state index is 11.5. The van der Waals surface area contributed by atoms with Crippen molar-refractivity contribution in [2.45, 2.75) is 6.42 Å². The quantitative estimate of drug-likeness (QED) is 0.875. The van der Waals surface area contributed by atoms with Crippen LogP contribution in [0.5, 0.6) is 0 Å². The fourth-order valence-corrected chi connectivity index (χ4v) is 2.49.